The molecular weight excluding hydrogens is 376 g/mol. The third-order valence-electron chi connectivity index (χ3n) is 2.80. The number of hydrogen-bond donors (Lipinski definition) is 2. The maximum absolute atomic E-state index is 13.0. The van der Waals surface area contributed by atoms with Crippen molar-refractivity contribution in [1.29, 1.82) is 0 Å². The minimum absolute atomic E-state index is 0.0467. The van der Waals surface area contributed by atoms with E-state index in [0.29, 0.717) is 5.02 Å². The Kier molecular flexibility index (Phi) is 6.13. The van der Waals surface area contributed by atoms with Crippen LogP contribution in [0.2, 0.25) is 10.0 Å². The molecule has 2 rings (SSSR count). The molecule has 6 nitrogen and oxygen atoms in total. The van der Waals surface area contributed by atoms with Crippen molar-refractivity contribution in [2.45, 2.75) is 13.0 Å². The lowest BCUT2D eigenvalue weighted by atomic mass is 10.3. The number of benzene rings is 2. The summed E-state index contributed by atoms with van der Waals surface area (Å²) in [5, 5.41) is 11.9. The molecule has 2 atom stereocenters. The fraction of sp³-hybridized carbons (Fsp3) is 0.133. The van der Waals surface area contributed by atoms with Crippen LogP contribution < -0.4 is 14.1 Å². The highest BCUT2D eigenvalue weighted by atomic mass is 35.5. The highest BCUT2D eigenvalue weighted by Gasteiger charge is 2.33. The number of nitrogens with one attached hydrogen (secondary N) is 1. The van der Waals surface area contributed by atoms with Crippen LogP contribution in [-0.4, -0.2) is 17.1 Å². The first-order chi connectivity index (χ1) is 11.3. The molecule has 0 heterocycles. The van der Waals surface area contributed by atoms with Crippen molar-refractivity contribution in [3.63, 3.8) is 0 Å². The number of aliphatic carboxylic acids is 1. The molecule has 2 aromatic carbocycles. The van der Waals surface area contributed by atoms with E-state index in [2.05, 4.69) is 5.09 Å². The minimum Gasteiger partial charge on any atom is -0.480 e. The lowest BCUT2D eigenvalue weighted by Gasteiger charge is -2.22. The number of carboxylic acid groups (broad SMARTS) is 1. The number of para-hydroxylation sites is 1. The van der Waals surface area contributed by atoms with Crippen LogP contribution in [0.15, 0.2) is 48.5 Å². The summed E-state index contributed by atoms with van der Waals surface area (Å²) in [4.78, 5) is 11.1. The Hall–Kier alpha value is -1.72. The fourth-order valence-corrected chi connectivity index (χ4v) is 3.71. The van der Waals surface area contributed by atoms with Gasteiger partial charge in [-0.05, 0) is 37.3 Å². The highest BCUT2D eigenvalue weighted by molar-refractivity contribution is 7.52. The van der Waals surface area contributed by atoms with Crippen molar-refractivity contribution < 1.29 is 23.5 Å². The van der Waals surface area contributed by atoms with E-state index in [1.54, 1.807) is 30.3 Å². The minimum atomic E-state index is -4.07. The Balaban J connectivity index is 2.31. The van der Waals surface area contributed by atoms with Crippen molar-refractivity contribution in [3.8, 4) is 11.5 Å². The van der Waals surface area contributed by atoms with Crippen molar-refractivity contribution in [2.24, 2.45) is 0 Å². The molecule has 0 bridgehead atoms. The van der Waals surface area contributed by atoms with E-state index in [0.717, 1.165) is 0 Å². The average Bonchev–Trinajstić information content (AvgIpc) is 2.51. The molecule has 0 amide bonds. The zero-order valence-corrected chi connectivity index (χ0v) is 14.9. The first-order valence-electron chi connectivity index (χ1n) is 6.79. The maximum Gasteiger partial charge on any atom is 0.513 e. The summed E-state index contributed by atoms with van der Waals surface area (Å²) in [7, 11) is -4.07. The second-order valence-electron chi connectivity index (χ2n) is 4.76. The molecule has 2 N–H and O–H groups in total. The molecule has 0 fully saturated rings. The highest BCUT2D eigenvalue weighted by Crippen LogP contribution is 2.47. The zero-order valence-electron chi connectivity index (χ0n) is 12.5. The molecule has 24 heavy (non-hydrogen) atoms. The van der Waals surface area contributed by atoms with Crippen molar-refractivity contribution >= 4 is 36.9 Å². The fourth-order valence-electron chi connectivity index (χ4n) is 1.66. The van der Waals surface area contributed by atoms with Gasteiger partial charge in [-0.1, -0.05) is 41.4 Å². The van der Waals surface area contributed by atoms with Gasteiger partial charge in [0.2, 0.25) is 0 Å². The molecule has 0 aromatic heterocycles. The van der Waals surface area contributed by atoms with Gasteiger partial charge >= 0.3 is 13.7 Å². The Morgan fingerprint density at radius 3 is 2.42 bits per heavy atom. The number of hydrogen-bond acceptors (Lipinski definition) is 4. The van der Waals surface area contributed by atoms with Gasteiger partial charge in [0.15, 0.2) is 0 Å². The van der Waals surface area contributed by atoms with E-state index >= 15 is 0 Å². The molecule has 2 aromatic rings. The number of rotatable bonds is 7. The average molecular weight is 390 g/mol. The van der Waals surface area contributed by atoms with Crippen LogP contribution in [0.5, 0.6) is 11.5 Å². The Morgan fingerprint density at radius 2 is 1.83 bits per heavy atom. The van der Waals surface area contributed by atoms with Crippen molar-refractivity contribution in [3.05, 3.63) is 58.6 Å². The largest absolute Gasteiger partial charge is 0.513 e. The Morgan fingerprint density at radius 1 is 1.17 bits per heavy atom. The Labute approximate surface area is 148 Å². The van der Waals surface area contributed by atoms with Crippen LogP contribution in [-0.2, 0) is 9.36 Å². The number of carbonyl (C=O) groups is 1. The van der Waals surface area contributed by atoms with Gasteiger partial charge in [-0.25, -0.2) is 4.57 Å². The van der Waals surface area contributed by atoms with Gasteiger partial charge in [-0.2, -0.15) is 5.09 Å². The van der Waals surface area contributed by atoms with Gasteiger partial charge in [0.05, 0.1) is 5.02 Å². The van der Waals surface area contributed by atoms with Crippen molar-refractivity contribution in [2.75, 3.05) is 0 Å². The van der Waals surface area contributed by atoms with Gasteiger partial charge in [0.1, 0.15) is 17.5 Å². The van der Waals surface area contributed by atoms with Gasteiger partial charge in [0, 0.05) is 5.02 Å². The molecule has 1 unspecified atom stereocenters. The number of carboxylic acids is 1. The van der Waals surface area contributed by atoms with E-state index in [4.69, 9.17) is 37.4 Å². The monoisotopic (exact) mass is 389 g/mol. The molecule has 0 aliphatic carbocycles. The van der Waals surface area contributed by atoms with Crippen LogP contribution in [0.25, 0.3) is 0 Å². The van der Waals surface area contributed by atoms with Gasteiger partial charge in [0.25, 0.3) is 0 Å². The third-order valence-corrected chi connectivity index (χ3v) is 4.93. The molecule has 9 heteroatoms. The van der Waals surface area contributed by atoms with Gasteiger partial charge in [-0.3, -0.25) is 4.79 Å². The summed E-state index contributed by atoms with van der Waals surface area (Å²) in [6, 6.07) is 11.4. The summed E-state index contributed by atoms with van der Waals surface area (Å²) in [5.74, 6) is -0.917. The van der Waals surface area contributed by atoms with Crippen LogP contribution in [0.4, 0.5) is 0 Å². The molecule has 0 spiro atoms. The molecule has 128 valence electrons. The summed E-state index contributed by atoms with van der Waals surface area (Å²) >= 11 is 11.8. The van der Waals surface area contributed by atoms with Crippen LogP contribution >= 0.6 is 30.9 Å². The summed E-state index contributed by atoms with van der Waals surface area (Å²) in [5.41, 5.74) is 0. The quantitative estimate of drug-likeness (QED) is 0.671. The second-order valence-corrected chi connectivity index (χ2v) is 7.22. The van der Waals surface area contributed by atoms with Crippen molar-refractivity contribution in [1.82, 2.24) is 5.09 Å². The van der Waals surface area contributed by atoms with Crippen LogP contribution in [0, 0.1) is 0 Å². The predicted molar refractivity (Wildman–Crippen MR) is 92.0 cm³/mol. The van der Waals surface area contributed by atoms with E-state index in [-0.39, 0.29) is 16.5 Å². The standard InChI is InChI=1S/C15H14Cl2NO5P/c1-10(15(19)20)18-24(21,22-12-5-3-2-4-6-12)23-14-8-7-11(16)9-13(14)17/h2-10H,1H3,(H,18,21)(H,19,20)/t10-,24?/m0/s1. The molecule has 0 radical (unpaired) electrons. The van der Waals surface area contributed by atoms with E-state index in [1.807, 2.05) is 0 Å². The SMILES string of the molecule is C[C@H](NP(=O)(Oc1ccccc1)Oc1ccc(Cl)cc1Cl)C(=O)O. The summed E-state index contributed by atoms with van der Waals surface area (Å²) in [6.07, 6.45) is 0. The topological polar surface area (TPSA) is 84.9 Å². The lowest BCUT2D eigenvalue weighted by molar-refractivity contribution is -0.138. The Bertz CT molecular complexity index is 772. The van der Waals surface area contributed by atoms with Crippen LogP contribution in [0.1, 0.15) is 6.92 Å². The molecule has 0 saturated carbocycles. The normalized spacial score (nSPS) is 14.5. The zero-order chi connectivity index (χ0) is 17.7. The van der Waals surface area contributed by atoms with E-state index < -0.39 is 19.8 Å². The second kappa shape index (κ2) is 7.90. The van der Waals surface area contributed by atoms with Gasteiger partial charge < -0.3 is 14.2 Å². The van der Waals surface area contributed by atoms with Crippen LogP contribution in [0.3, 0.4) is 0 Å². The first-order valence-corrected chi connectivity index (χ1v) is 9.09. The van der Waals surface area contributed by atoms with E-state index in [9.17, 15) is 9.36 Å². The van der Waals surface area contributed by atoms with Gasteiger partial charge in [-0.15, -0.1) is 0 Å². The molecule has 0 aliphatic rings. The first kappa shape index (κ1) is 18.6. The molecule has 0 saturated heterocycles. The summed E-state index contributed by atoms with van der Waals surface area (Å²) < 4.78 is 23.8. The molecular formula is C15H14Cl2NO5P. The lowest BCUT2D eigenvalue weighted by Crippen LogP contribution is -2.34. The summed E-state index contributed by atoms with van der Waals surface area (Å²) in [6.45, 7) is 1.32. The predicted octanol–water partition coefficient (Wildman–Crippen LogP) is 4.62. The van der Waals surface area contributed by atoms with E-state index in [1.165, 1.54) is 25.1 Å². The molecule has 0 aliphatic heterocycles. The number of halogens is 2. The smallest absolute Gasteiger partial charge is 0.480 e. The maximum atomic E-state index is 13.0. The third kappa shape index (κ3) is 5.14.